The van der Waals surface area contributed by atoms with Crippen LogP contribution in [0.4, 0.5) is 0 Å². The molecular weight excluding hydrogens is 218 g/mol. The van der Waals surface area contributed by atoms with Crippen LogP contribution in [0.1, 0.15) is 57.1 Å². The Morgan fingerprint density at radius 3 is 2.17 bits per heavy atom. The lowest BCUT2D eigenvalue weighted by Crippen LogP contribution is -2.57. The number of benzene rings is 1. The first-order valence-electron chi connectivity index (χ1n) is 7.47. The lowest BCUT2D eigenvalue weighted by Gasteiger charge is -2.56. The van der Waals surface area contributed by atoms with E-state index in [0.717, 1.165) is 12.3 Å². The van der Waals surface area contributed by atoms with Crippen molar-refractivity contribution in [2.24, 2.45) is 5.41 Å². The van der Waals surface area contributed by atoms with Gasteiger partial charge in [-0.2, -0.15) is 0 Å². The molecule has 0 bridgehead atoms. The number of rotatable bonds is 5. The topological polar surface area (TPSA) is 12.0 Å². The van der Waals surface area contributed by atoms with Crippen LogP contribution in [0, 0.1) is 5.41 Å². The molecule has 0 amide bonds. The Balaban J connectivity index is 2.22. The molecule has 0 aromatic heterocycles. The molecule has 1 aliphatic carbocycles. The molecule has 1 heteroatoms. The molecule has 0 heterocycles. The van der Waals surface area contributed by atoms with Gasteiger partial charge in [-0.25, -0.2) is 0 Å². The Labute approximate surface area is 112 Å². The fraction of sp³-hybridized carbons (Fsp3) is 0.647. The minimum Gasteiger partial charge on any atom is -0.316 e. The average Bonchev–Trinajstić information content (AvgIpc) is 2.41. The van der Waals surface area contributed by atoms with Crippen LogP contribution in [-0.4, -0.2) is 13.1 Å². The van der Waals surface area contributed by atoms with Gasteiger partial charge in [0.15, 0.2) is 0 Å². The standard InChI is InChI=1S/C17H27N/c1-5-13-8-10-14(11-9-13)15-12-16(18-4)17(15,6-2)7-3/h8-11,15-16,18H,5-7,12H2,1-4H3. The van der Waals surface area contributed by atoms with Gasteiger partial charge in [-0.05, 0) is 55.2 Å². The molecule has 1 aromatic rings. The molecular formula is C17H27N. The van der Waals surface area contributed by atoms with E-state index in [1.54, 1.807) is 5.56 Å². The summed E-state index contributed by atoms with van der Waals surface area (Å²) in [5.74, 6) is 0.746. The normalized spacial score (nSPS) is 25.8. The highest BCUT2D eigenvalue weighted by atomic mass is 14.9. The second kappa shape index (κ2) is 5.44. The van der Waals surface area contributed by atoms with Crippen molar-refractivity contribution in [1.29, 1.82) is 0 Å². The fourth-order valence-electron chi connectivity index (χ4n) is 3.88. The molecule has 1 saturated carbocycles. The smallest absolute Gasteiger partial charge is 0.0132 e. The van der Waals surface area contributed by atoms with E-state index in [0.29, 0.717) is 11.5 Å². The lowest BCUT2D eigenvalue weighted by atomic mass is 9.52. The maximum Gasteiger partial charge on any atom is 0.0132 e. The van der Waals surface area contributed by atoms with Crippen LogP contribution >= 0.6 is 0 Å². The van der Waals surface area contributed by atoms with Gasteiger partial charge in [0.1, 0.15) is 0 Å². The lowest BCUT2D eigenvalue weighted by molar-refractivity contribution is 0.0245. The van der Waals surface area contributed by atoms with E-state index in [1.165, 1.54) is 24.8 Å². The summed E-state index contributed by atoms with van der Waals surface area (Å²) < 4.78 is 0. The molecule has 0 spiro atoms. The van der Waals surface area contributed by atoms with Crippen molar-refractivity contribution in [3.05, 3.63) is 35.4 Å². The first kappa shape index (κ1) is 13.6. The quantitative estimate of drug-likeness (QED) is 0.822. The van der Waals surface area contributed by atoms with E-state index in [9.17, 15) is 0 Å². The van der Waals surface area contributed by atoms with Gasteiger partial charge in [0.05, 0.1) is 0 Å². The summed E-state index contributed by atoms with van der Waals surface area (Å²) >= 11 is 0. The van der Waals surface area contributed by atoms with Crippen LogP contribution in [0.5, 0.6) is 0 Å². The van der Waals surface area contributed by atoms with Gasteiger partial charge in [-0.15, -0.1) is 0 Å². The molecule has 1 nitrogen and oxygen atoms in total. The van der Waals surface area contributed by atoms with E-state index in [1.807, 2.05) is 0 Å². The predicted molar refractivity (Wildman–Crippen MR) is 79.0 cm³/mol. The molecule has 0 saturated heterocycles. The summed E-state index contributed by atoms with van der Waals surface area (Å²) in [5, 5.41) is 3.52. The van der Waals surface area contributed by atoms with Gasteiger partial charge >= 0.3 is 0 Å². The highest BCUT2D eigenvalue weighted by Crippen LogP contribution is 2.57. The SMILES string of the molecule is CCc1ccc(C2CC(NC)C2(CC)CC)cc1. The highest BCUT2D eigenvalue weighted by molar-refractivity contribution is 5.31. The third-order valence-electron chi connectivity index (χ3n) is 5.31. The fourth-order valence-corrected chi connectivity index (χ4v) is 3.88. The molecule has 1 aliphatic rings. The molecule has 2 unspecified atom stereocenters. The Bertz CT molecular complexity index is 375. The van der Waals surface area contributed by atoms with Gasteiger partial charge in [-0.1, -0.05) is 45.0 Å². The van der Waals surface area contributed by atoms with Crippen molar-refractivity contribution in [2.45, 2.75) is 58.4 Å². The van der Waals surface area contributed by atoms with Crippen molar-refractivity contribution in [1.82, 2.24) is 5.32 Å². The zero-order chi connectivity index (χ0) is 13.2. The van der Waals surface area contributed by atoms with Gasteiger partial charge < -0.3 is 5.32 Å². The van der Waals surface area contributed by atoms with Crippen molar-refractivity contribution in [3.8, 4) is 0 Å². The van der Waals surface area contributed by atoms with E-state index in [-0.39, 0.29) is 0 Å². The number of hydrogen-bond acceptors (Lipinski definition) is 1. The molecule has 1 aromatic carbocycles. The number of hydrogen-bond donors (Lipinski definition) is 1. The second-order valence-electron chi connectivity index (χ2n) is 5.66. The Morgan fingerprint density at radius 1 is 1.11 bits per heavy atom. The van der Waals surface area contributed by atoms with Crippen LogP contribution in [0.25, 0.3) is 0 Å². The minimum absolute atomic E-state index is 0.475. The van der Waals surface area contributed by atoms with Crippen LogP contribution in [0.3, 0.4) is 0 Å². The number of aryl methyl sites for hydroxylation is 1. The maximum atomic E-state index is 3.52. The second-order valence-corrected chi connectivity index (χ2v) is 5.66. The van der Waals surface area contributed by atoms with Crippen LogP contribution < -0.4 is 5.32 Å². The molecule has 18 heavy (non-hydrogen) atoms. The third-order valence-corrected chi connectivity index (χ3v) is 5.31. The first-order valence-corrected chi connectivity index (χ1v) is 7.47. The van der Waals surface area contributed by atoms with E-state index in [4.69, 9.17) is 0 Å². The van der Waals surface area contributed by atoms with Gasteiger partial charge in [0.2, 0.25) is 0 Å². The Morgan fingerprint density at radius 2 is 1.72 bits per heavy atom. The Kier molecular flexibility index (Phi) is 4.11. The summed E-state index contributed by atoms with van der Waals surface area (Å²) in [6.07, 6.45) is 4.98. The van der Waals surface area contributed by atoms with Gasteiger partial charge in [0, 0.05) is 6.04 Å². The monoisotopic (exact) mass is 245 g/mol. The van der Waals surface area contributed by atoms with Gasteiger partial charge in [-0.3, -0.25) is 0 Å². The number of nitrogens with one attached hydrogen (secondary N) is 1. The third kappa shape index (κ3) is 1.99. The first-order chi connectivity index (χ1) is 8.71. The molecule has 2 atom stereocenters. The van der Waals surface area contributed by atoms with Gasteiger partial charge in [0.25, 0.3) is 0 Å². The molecule has 0 radical (unpaired) electrons. The van der Waals surface area contributed by atoms with Crippen LogP contribution in [0.15, 0.2) is 24.3 Å². The summed E-state index contributed by atoms with van der Waals surface area (Å²) in [6, 6.07) is 10.0. The molecule has 100 valence electrons. The molecule has 1 fully saturated rings. The van der Waals surface area contributed by atoms with E-state index in [2.05, 4.69) is 57.4 Å². The van der Waals surface area contributed by atoms with Crippen molar-refractivity contribution in [2.75, 3.05) is 7.05 Å². The summed E-state index contributed by atoms with van der Waals surface area (Å²) in [7, 11) is 2.11. The van der Waals surface area contributed by atoms with Crippen molar-refractivity contribution < 1.29 is 0 Å². The zero-order valence-electron chi connectivity index (χ0n) is 12.3. The average molecular weight is 245 g/mol. The van der Waals surface area contributed by atoms with Crippen LogP contribution in [0.2, 0.25) is 0 Å². The molecule has 0 aliphatic heterocycles. The van der Waals surface area contributed by atoms with Crippen LogP contribution in [-0.2, 0) is 6.42 Å². The molecule has 2 rings (SSSR count). The minimum atomic E-state index is 0.475. The van der Waals surface area contributed by atoms with E-state index < -0.39 is 0 Å². The summed E-state index contributed by atoms with van der Waals surface area (Å²) in [4.78, 5) is 0. The largest absolute Gasteiger partial charge is 0.316 e. The van der Waals surface area contributed by atoms with Crippen molar-refractivity contribution in [3.63, 3.8) is 0 Å². The summed E-state index contributed by atoms with van der Waals surface area (Å²) in [5.41, 5.74) is 3.46. The Hall–Kier alpha value is -0.820. The maximum absolute atomic E-state index is 3.52. The predicted octanol–water partition coefficient (Wildman–Crippen LogP) is 4.13. The summed E-state index contributed by atoms with van der Waals surface area (Å²) in [6.45, 7) is 6.92. The zero-order valence-corrected chi connectivity index (χ0v) is 12.3. The van der Waals surface area contributed by atoms with E-state index >= 15 is 0 Å². The highest BCUT2D eigenvalue weighted by Gasteiger charge is 2.51. The van der Waals surface area contributed by atoms with Crippen molar-refractivity contribution >= 4 is 0 Å². The molecule has 1 N–H and O–H groups in total.